The van der Waals surface area contributed by atoms with Crippen molar-refractivity contribution in [2.24, 2.45) is 0 Å². The Hall–Kier alpha value is -0.880. The van der Waals surface area contributed by atoms with E-state index in [1.54, 1.807) is 17.8 Å². The summed E-state index contributed by atoms with van der Waals surface area (Å²) in [6.45, 7) is 2.96. The lowest BCUT2D eigenvalue weighted by Gasteiger charge is -2.07. The Labute approximate surface area is 130 Å². The second kappa shape index (κ2) is 5.85. The molecule has 0 radical (unpaired) electrons. The molecule has 3 nitrogen and oxygen atoms in total. The van der Waals surface area contributed by atoms with Gasteiger partial charge in [-0.2, -0.15) is 0 Å². The first kappa shape index (κ1) is 14.1. The molecule has 1 aliphatic carbocycles. The standard InChI is InChI=1S/C14H15BrFN3S/c1-2-19-13(9-3-4-9)17-18-14(19)20-8-10-7-11(15)5-6-12(10)16/h5-7,9H,2-4,8H2,1H3. The topological polar surface area (TPSA) is 30.7 Å². The number of rotatable bonds is 5. The molecule has 0 bridgehead atoms. The fourth-order valence-corrected chi connectivity index (χ4v) is 3.54. The SMILES string of the molecule is CCn1c(SCc2cc(Br)ccc2F)nnc1C1CC1. The Morgan fingerprint density at radius 3 is 2.90 bits per heavy atom. The largest absolute Gasteiger partial charge is 0.306 e. The highest BCUT2D eigenvalue weighted by Crippen LogP contribution is 2.40. The van der Waals surface area contributed by atoms with E-state index in [9.17, 15) is 4.39 Å². The third-order valence-corrected chi connectivity index (χ3v) is 4.88. The van der Waals surface area contributed by atoms with E-state index in [1.165, 1.54) is 18.9 Å². The Balaban J connectivity index is 1.76. The number of thioether (sulfide) groups is 1. The van der Waals surface area contributed by atoms with Gasteiger partial charge in [0.15, 0.2) is 5.16 Å². The lowest BCUT2D eigenvalue weighted by molar-refractivity contribution is 0.616. The van der Waals surface area contributed by atoms with Gasteiger partial charge in [-0.05, 0) is 43.5 Å². The van der Waals surface area contributed by atoms with Gasteiger partial charge in [0.1, 0.15) is 11.6 Å². The van der Waals surface area contributed by atoms with E-state index in [-0.39, 0.29) is 5.82 Å². The summed E-state index contributed by atoms with van der Waals surface area (Å²) in [6.07, 6.45) is 2.42. The second-order valence-corrected chi connectivity index (χ2v) is 6.74. The number of benzene rings is 1. The summed E-state index contributed by atoms with van der Waals surface area (Å²) in [6, 6.07) is 5.01. The maximum absolute atomic E-state index is 13.7. The molecule has 1 aromatic carbocycles. The molecule has 1 saturated carbocycles. The first-order valence-corrected chi connectivity index (χ1v) is 8.46. The summed E-state index contributed by atoms with van der Waals surface area (Å²) in [5.74, 6) is 2.06. The van der Waals surface area contributed by atoms with E-state index in [4.69, 9.17) is 0 Å². The Kier molecular flexibility index (Phi) is 4.12. The van der Waals surface area contributed by atoms with Gasteiger partial charge in [0.05, 0.1) is 0 Å². The average molecular weight is 356 g/mol. The van der Waals surface area contributed by atoms with E-state index in [0.717, 1.165) is 22.0 Å². The number of aromatic nitrogens is 3. The second-order valence-electron chi connectivity index (χ2n) is 4.88. The van der Waals surface area contributed by atoms with Crippen LogP contribution in [0.4, 0.5) is 4.39 Å². The minimum atomic E-state index is -0.175. The maximum atomic E-state index is 13.7. The van der Waals surface area contributed by atoms with Crippen molar-refractivity contribution in [1.82, 2.24) is 14.8 Å². The molecule has 3 rings (SSSR count). The van der Waals surface area contributed by atoms with Crippen LogP contribution in [-0.4, -0.2) is 14.8 Å². The fourth-order valence-electron chi connectivity index (χ4n) is 2.14. The van der Waals surface area contributed by atoms with E-state index in [1.807, 2.05) is 6.07 Å². The highest BCUT2D eigenvalue weighted by Gasteiger charge is 2.29. The summed E-state index contributed by atoms with van der Waals surface area (Å²) in [4.78, 5) is 0. The van der Waals surface area contributed by atoms with E-state index >= 15 is 0 Å². The summed E-state index contributed by atoms with van der Waals surface area (Å²) in [5, 5.41) is 9.43. The van der Waals surface area contributed by atoms with Crippen LogP contribution in [0, 0.1) is 5.82 Å². The third kappa shape index (κ3) is 2.91. The third-order valence-electron chi connectivity index (χ3n) is 3.37. The number of hydrogen-bond acceptors (Lipinski definition) is 3. The molecular formula is C14H15BrFN3S. The minimum absolute atomic E-state index is 0.175. The van der Waals surface area contributed by atoms with Crippen LogP contribution in [0.1, 0.15) is 37.1 Å². The van der Waals surface area contributed by atoms with Crippen molar-refractivity contribution in [3.63, 3.8) is 0 Å². The molecule has 2 aromatic rings. The van der Waals surface area contributed by atoms with Crippen LogP contribution in [0.5, 0.6) is 0 Å². The van der Waals surface area contributed by atoms with Crippen molar-refractivity contribution in [1.29, 1.82) is 0 Å². The normalized spacial score (nSPS) is 14.8. The van der Waals surface area contributed by atoms with Crippen molar-refractivity contribution < 1.29 is 4.39 Å². The monoisotopic (exact) mass is 355 g/mol. The number of halogens is 2. The van der Waals surface area contributed by atoms with E-state index in [0.29, 0.717) is 17.2 Å². The van der Waals surface area contributed by atoms with Crippen LogP contribution < -0.4 is 0 Å². The molecule has 106 valence electrons. The van der Waals surface area contributed by atoms with Crippen molar-refractivity contribution >= 4 is 27.7 Å². The van der Waals surface area contributed by atoms with Gasteiger partial charge in [-0.25, -0.2) is 4.39 Å². The highest BCUT2D eigenvalue weighted by atomic mass is 79.9. The van der Waals surface area contributed by atoms with Crippen LogP contribution >= 0.6 is 27.7 Å². The van der Waals surface area contributed by atoms with Gasteiger partial charge < -0.3 is 4.57 Å². The molecule has 0 spiro atoms. The predicted octanol–water partition coefficient (Wildman–Crippen LogP) is 4.37. The molecule has 0 amide bonds. The van der Waals surface area contributed by atoms with Crippen molar-refractivity contribution in [3.05, 3.63) is 39.9 Å². The summed E-state index contributed by atoms with van der Waals surface area (Å²) in [5.41, 5.74) is 0.683. The Bertz CT molecular complexity index is 625. The van der Waals surface area contributed by atoms with Crippen molar-refractivity contribution in [3.8, 4) is 0 Å². The fraction of sp³-hybridized carbons (Fsp3) is 0.429. The molecule has 1 heterocycles. The van der Waals surface area contributed by atoms with Crippen LogP contribution in [0.3, 0.4) is 0 Å². The number of hydrogen-bond donors (Lipinski definition) is 0. The molecule has 0 aliphatic heterocycles. The molecule has 0 N–H and O–H groups in total. The molecule has 20 heavy (non-hydrogen) atoms. The smallest absolute Gasteiger partial charge is 0.191 e. The quantitative estimate of drug-likeness (QED) is 0.746. The highest BCUT2D eigenvalue weighted by molar-refractivity contribution is 9.10. The zero-order chi connectivity index (χ0) is 14.1. The summed E-state index contributed by atoms with van der Waals surface area (Å²) >= 11 is 4.92. The van der Waals surface area contributed by atoms with Gasteiger partial charge >= 0.3 is 0 Å². The lowest BCUT2D eigenvalue weighted by atomic mass is 10.2. The first-order chi connectivity index (χ1) is 9.69. The maximum Gasteiger partial charge on any atom is 0.191 e. The summed E-state index contributed by atoms with van der Waals surface area (Å²) in [7, 11) is 0. The van der Waals surface area contributed by atoms with Gasteiger partial charge in [-0.1, -0.05) is 27.7 Å². The van der Waals surface area contributed by atoms with Crippen LogP contribution in [0.2, 0.25) is 0 Å². The minimum Gasteiger partial charge on any atom is -0.306 e. The Morgan fingerprint density at radius 2 is 2.20 bits per heavy atom. The van der Waals surface area contributed by atoms with Crippen LogP contribution in [-0.2, 0) is 12.3 Å². The zero-order valence-electron chi connectivity index (χ0n) is 11.1. The number of nitrogens with zero attached hydrogens (tertiary/aromatic N) is 3. The molecule has 0 saturated heterocycles. The molecule has 1 aromatic heterocycles. The average Bonchev–Trinajstić information content (AvgIpc) is 3.20. The predicted molar refractivity (Wildman–Crippen MR) is 81.3 cm³/mol. The molecular weight excluding hydrogens is 341 g/mol. The van der Waals surface area contributed by atoms with Gasteiger partial charge in [0.25, 0.3) is 0 Å². The van der Waals surface area contributed by atoms with Gasteiger partial charge in [0.2, 0.25) is 0 Å². The van der Waals surface area contributed by atoms with E-state index in [2.05, 4.69) is 37.6 Å². The lowest BCUT2D eigenvalue weighted by Crippen LogP contribution is -2.02. The molecule has 1 aliphatic rings. The van der Waals surface area contributed by atoms with Gasteiger partial charge in [-0.3, -0.25) is 0 Å². The first-order valence-electron chi connectivity index (χ1n) is 6.69. The van der Waals surface area contributed by atoms with Gasteiger partial charge in [0, 0.05) is 22.7 Å². The van der Waals surface area contributed by atoms with Gasteiger partial charge in [-0.15, -0.1) is 10.2 Å². The van der Waals surface area contributed by atoms with Crippen molar-refractivity contribution in [2.45, 2.75) is 43.1 Å². The van der Waals surface area contributed by atoms with Crippen LogP contribution in [0.15, 0.2) is 27.8 Å². The molecule has 0 unspecified atom stereocenters. The Morgan fingerprint density at radius 1 is 1.40 bits per heavy atom. The zero-order valence-corrected chi connectivity index (χ0v) is 13.5. The molecule has 6 heteroatoms. The van der Waals surface area contributed by atoms with Crippen LogP contribution in [0.25, 0.3) is 0 Å². The van der Waals surface area contributed by atoms with Crippen molar-refractivity contribution in [2.75, 3.05) is 0 Å². The molecule has 1 fully saturated rings. The molecule has 0 atom stereocenters. The van der Waals surface area contributed by atoms with E-state index < -0.39 is 0 Å². The summed E-state index contributed by atoms with van der Waals surface area (Å²) < 4.78 is 16.8.